The van der Waals surface area contributed by atoms with Crippen LogP contribution in [0.1, 0.15) is 35.2 Å². The fourth-order valence-corrected chi connectivity index (χ4v) is 3.68. The monoisotopic (exact) mass is 352 g/mol. The summed E-state index contributed by atoms with van der Waals surface area (Å²) in [5.74, 6) is 0.766. The average Bonchev–Trinajstić information content (AvgIpc) is 3.20. The minimum atomic E-state index is 0.00206. The van der Waals surface area contributed by atoms with Crippen LogP contribution in [0.3, 0.4) is 0 Å². The molecule has 5 heteroatoms. The van der Waals surface area contributed by atoms with Crippen LogP contribution >= 0.6 is 0 Å². The van der Waals surface area contributed by atoms with E-state index >= 15 is 0 Å². The van der Waals surface area contributed by atoms with Gasteiger partial charge in [0.2, 0.25) is 0 Å². The number of hydrogen-bond acceptors (Lipinski definition) is 4. The molecule has 1 unspecified atom stereocenters. The fourth-order valence-electron chi connectivity index (χ4n) is 3.68. The van der Waals surface area contributed by atoms with E-state index in [4.69, 9.17) is 15.2 Å². The van der Waals surface area contributed by atoms with Crippen molar-refractivity contribution in [2.45, 2.75) is 31.8 Å². The highest BCUT2D eigenvalue weighted by Gasteiger charge is 2.24. The third kappa shape index (κ3) is 3.40. The van der Waals surface area contributed by atoms with Gasteiger partial charge in [-0.25, -0.2) is 0 Å². The lowest BCUT2D eigenvalue weighted by atomic mass is 9.99. The first-order valence-electron chi connectivity index (χ1n) is 9.26. The Labute approximate surface area is 153 Å². The van der Waals surface area contributed by atoms with Crippen LogP contribution in [0.4, 0.5) is 11.4 Å². The Bertz CT molecular complexity index is 782. The summed E-state index contributed by atoms with van der Waals surface area (Å²) in [6.45, 7) is 2.10. The van der Waals surface area contributed by atoms with Crippen LogP contribution < -0.4 is 15.4 Å². The highest BCUT2D eigenvalue weighted by Crippen LogP contribution is 2.32. The van der Waals surface area contributed by atoms with Crippen molar-refractivity contribution in [3.8, 4) is 5.75 Å². The zero-order valence-corrected chi connectivity index (χ0v) is 14.8. The highest BCUT2D eigenvalue weighted by molar-refractivity contribution is 6.07. The molecule has 1 amide bonds. The molecule has 1 saturated heterocycles. The standard InChI is InChI=1S/C21H24N2O3/c22-19-6-1-7-20-18(19)5-2-12-23(20)21(24)15-8-10-16(11-9-15)26-14-17-4-3-13-25-17/h1,6-11,17H,2-5,12-14,22H2. The summed E-state index contributed by atoms with van der Waals surface area (Å²) in [6.07, 6.45) is 4.18. The number of fused-ring (bicyclic) bond motifs is 1. The highest BCUT2D eigenvalue weighted by atomic mass is 16.5. The Morgan fingerprint density at radius 2 is 2.04 bits per heavy atom. The molecular formula is C21H24N2O3. The third-order valence-electron chi connectivity index (χ3n) is 5.09. The van der Waals surface area contributed by atoms with Crippen molar-refractivity contribution < 1.29 is 14.3 Å². The zero-order chi connectivity index (χ0) is 17.9. The number of carbonyl (C=O) groups is 1. The van der Waals surface area contributed by atoms with Crippen LogP contribution in [0.2, 0.25) is 0 Å². The summed E-state index contributed by atoms with van der Waals surface area (Å²) in [6, 6.07) is 13.1. The lowest BCUT2D eigenvalue weighted by molar-refractivity contribution is 0.0679. The Balaban J connectivity index is 1.46. The lowest BCUT2D eigenvalue weighted by Gasteiger charge is -2.30. The molecule has 1 atom stereocenters. The number of rotatable bonds is 4. The molecule has 4 rings (SSSR count). The zero-order valence-electron chi connectivity index (χ0n) is 14.8. The summed E-state index contributed by atoms with van der Waals surface area (Å²) < 4.78 is 11.3. The molecule has 2 N–H and O–H groups in total. The number of ether oxygens (including phenoxy) is 2. The number of nitrogens with zero attached hydrogens (tertiary/aromatic N) is 1. The molecule has 0 aromatic heterocycles. The molecule has 2 aliphatic rings. The molecule has 2 heterocycles. The first-order chi connectivity index (χ1) is 12.7. The Kier molecular flexibility index (Phi) is 4.80. The van der Waals surface area contributed by atoms with E-state index in [2.05, 4.69) is 0 Å². The molecule has 2 aliphatic heterocycles. The Morgan fingerprint density at radius 3 is 2.81 bits per heavy atom. The van der Waals surface area contributed by atoms with Gasteiger partial charge in [-0.15, -0.1) is 0 Å². The third-order valence-corrected chi connectivity index (χ3v) is 5.09. The number of anilines is 2. The summed E-state index contributed by atoms with van der Waals surface area (Å²) >= 11 is 0. The molecule has 0 aliphatic carbocycles. The lowest BCUT2D eigenvalue weighted by Crippen LogP contribution is -2.35. The van der Waals surface area contributed by atoms with E-state index in [1.807, 2.05) is 47.4 Å². The van der Waals surface area contributed by atoms with Crippen molar-refractivity contribution in [3.63, 3.8) is 0 Å². The SMILES string of the molecule is Nc1cccc2c1CCCN2C(=O)c1ccc(OCC2CCCO2)cc1. The first kappa shape index (κ1) is 16.9. The van der Waals surface area contributed by atoms with E-state index in [1.54, 1.807) is 0 Å². The van der Waals surface area contributed by atoms with Crippen molar-refractivity contribution in [3.05, 3.63) is 53.6 Å². The van der Waals surface area contributed by atoms with E-state index < -0.39 is 0 Å². The van der Waals surface area contributed by atoms with Gasteiger partial charge in [0.25, 0.3) is 5.91 Å². The number of amides is 1. The summed E-state index contributed by atoms with van der Waals surface area (Å²) in [5.41, 5.74) is 9.50. The Hall–Kier alpha value is -2.53. The molecule has 0 bridgehead atoms. The summed E-state index contributed by atoms with van der Waals surface area (Å²) in [5, 5.41) is 0. The molecule has 0 saturated carbocycles. The second-order valence-corrected chi connectivity index (χ2v) is 6.88. The second-order valence-electron chi connectivity index (χ2n) is 6.88. The van der Waals surface area contributed by atoms with E-state index in [-0.39, 0.29) is 12.0 Å². The minimum Gasteiger partial charge on any atom is -0.491 e. The van der Waals surface area contributed by atoms with Crippen LogP contribution in [-0.4, -0.2) is 31.8 Å². The Morgan fingerprint density at radius 1 is 1.19 bits per heavy atom. The average molecular weight is 352 g/mol. The summed E-state index contributed by atoms with van der Waals surface area (Å²) in [4.78, 5) is 14.8. The number of benzene rings is 2. The first-order valence-corrected chi connectivity index (χ1v) is 9.26. The van der Waals surface area contributed by atoms with Gasteiger partial charge in [0, 0.05) is 30.1 Å². The topological polar surface area (TPSA) is 64.8 Å². The molecule has 5 nitrogen and oxygen atoms in total. The number of nitrogen functional groups attached to an aromatic ring is 1. The summed E-state index contributed by atoms with van der Waals surface area (Å²) in [7, 11) is 0. The van der Waals surface area contributed by atoms with Gasteiger partial charge in [0.1, 0.15) is 12.4 Å². The van der Waals surface area contributed by atoms with Crippen LogP contribution in [0.15, 0.2) is 42.5 Å². The van der Waals surface area contributed by atoms with Gasteiger partial charge in [-0.3, -0.25) is 4.79 Å². The second kappa shape index (κ2) is 7.38. The van der Waals surface area contributed by atoms with Crippen molar-refractivity contribution in [2.24, 2.45) is 0 Å². The largest absolute Gasteiger partial charge is 0.491 e. The molecule has 2 aromatic rings. The smallest absolute Gasteiger partial charge is 0.258 e. The molecule has 1 fully saturated rings. The van der Waals surface area contributed by atoms with Gasteiger partial charge in [0.15, 0.2) is 0 Å². The van der Waals surface area contributed by atoms with Crippen LogP contribution in [0.25, 0.3) is 0 Å². The molecule has 0 radical (unpaired) electrons. The van der Waals surface area contributed by atoms with Crippen LogP contribution in [0, 0.1) is 0 Å². The van der Waals surface area contributed by atoms with Gasteiger partial charge < -0.3 is 20.1 Å². The van der Waals surface area contributed by atoms with Crippen molar-refractivity contribution >= 4 is 17.3 Å². The van der Waals surface area contributed by atoms with Gasteiger partial charge in [0.05, 0.1) is 6.10 Å². The van der Waals surface area contributed by atoms with E-state index in [0.717, 1.165) is 55.0 Å². The minimum absolute atomic E-state index is 0.00206. The number of carbonyl (C=O) groups excluding carboxylic acids is 1. The quantitative estimate of drug-likeness (QED) is 0.857. The maximum absolute atomic E-state index is 13.0. The maximum Gasteiger partial charge on any atom is 0.258 e. The predicted molar refractivity (Wildman–Crippen MR) is 102 cm³/mol. The fraction of sp³-hybridized carbons (Fsp3) is 0.381. The van der Waals surface area contributed by atoms with E-state index in [1.165, 1.54) is 0 Å². The predicted octanol–water partition coefficient (Wildman–Crippen LogP) is 3.42. The molecule has 2 aromatic carbocycles. The number of hydrogen-bond donors (Lipinski definition) is 1. The van der Waals surface area contributed by atoms with Gasteiger partial charge >= 0.3 is 0 Å². The van der Waals surface area contributed by atoms with Crippen molar-refractivity contribution in [1.82, 2.24) is 0 Å². The van der Waals surface area contributed by atoms with Gasteiger partial charge in [-0.1, -0.05) is 6.07 Å². The van der Waals surface area contributed by atoms with Crippen molar-refractivity contribution in [2.75, 3.05) is 30.4 Å². The maximum atomic E-state index is 13.0. The molecule has 136 valence electrons. The van der Waals surface area contributed by atoms with Gasteiger partial charge in [-0.05, 0) is 67.6 Å². The van der Waals surface area contributed by atoms with E-state index in [9.17, 15) is 4.79 Å². The van der Waals surface area contributed by atoms with Gasteiger partial charge in [-0.2, -0.15) is 0 Å². The normalized spacial score (nSPS) is 19.2. The van der Waals surface area contributed by atoms with Crippen LogP contribution in [0.5, 0.6) is 5.75 Å². The molecule has 0 spiro atoms. The van der Waals surface area contributed by atoms with E-state index in [0.29, 0.717) is 18.7 Å². The van der Waals surface area contributed by atoms with Crippen molar-refractivity contribution in [1.29, 1.82) is 0 Å². The molecular weight excluding hydrogens is 328 g/mol. The van der Waals surface area contributed by atoms with Crippen LogP contribution in [-0.2, 0) is 11.2 Å². The number of nitrogens with two attached hydrogens (primary N) is 1. The molecule has 26 heavy (non-hydrogen) atoms.